The summed E-state index contributed by atoms with van der Waals surface area (Å²) in [6.07, 6.45) is 2.77. The Morgan fingerprint density at radius 1 is 1.52 bits per heavy atom. The van der Waals surface area contributed by atoms with Crippen LogP contribution in [0.5, 0.6) is 0 Å². The average Bonchev–Trinajstić information content (AvgIpc) is 2.95. The van der Waals surface area contributed by atoms with Crippen LogP contribution in [0.3, 0.4) is 0 Å². The maximum atomic E-state index is 12.3. The maximum absolute atomic E-state index is 12.3. The number of carbonyl (C=O) groups is 1. The molecule has 23 heavy (non-hydrogen) atoms. The van der Waals surface area contributed by atoms with Gasteiger partial charge in [0.15, 0.2) is 6.10 Å². The summed E-state index contributed by atoms with van der Waals surface area (Å²) < 4.78 is 0. The lowest BCUT2D eigenvalue weighted by Crippen LogP contribution is -2.38. The summed E-state index contributed by atoms with van der Waals surface area (Å²) in [5, 5.41) is 4.81. The van der Waals surface area contributed by atoms with E-state index in [9.17, 15) is 4.79 Å². The number of benzene rings is 1. The van der Waals surface area contributed by atoms with Gasteiger partial charge >= 0.3 is 0 Å². The van der Waals surface area contributed by atoms with Crippen LogP contribution in [-0.4, -0.2) is 35.7 Å². The zero-order chi connectivity index (χ0) is 16.8. The first-order valence-corrected chi connectivity index (χ1v) is 8.25. The Morgan fingerprint density at radius 3 is 2.91 bits per heavy atom. The van der Waals surface area contributed by atoms with E-state index in [0.717, 1.165) is 11.3 Å². The minimum Gasteiger partial charge on any atom is -0.390 e. The van der Waals surface area contributed by atoms with Crippen LogP contribution in [0, 0.1) is 5.92 Å². The van der Waals surface area contributed by atoms with Crippen LogP contribution in [0.2, 0.25) is 5.02 Å². The van der Waals surface area contributed by atoms with Crippen molar-refractivity contribution in [2.75, 3.05) is 13.1 Å². The summed E-state index contributed by atoms with van der Waals surface area (Å²) in [6.45, 7) is 8.83. The fraction of sp³-hybridized carbons (Fsp3) is 0.444. The van der Waals surface area contributed by atoms with Gasteiger partial charge in [0, 0.05) is 30.0 Å². The number of amides is 1. The summed E-state index contributed by atoms with van der Waals surface area (Å²) in [4.78, 5) is 19.6. The van der Waals surface area contributed by atoms with Crippen LogP contribution in [0.1, 0.15) is 32.3 Å². The van der Waals surface area contributed by atoms with Gasteiger partial charge in [0.25, 0.3) is 0 Å². The predicted molar refractivity (Wildman–Crippen MR) is 93.7 cm³/mol. The maximum Gasteiger partial charge on any atom is 0.223 e. The normalized spacial score (nSPS) is 16.9. The van der Waals surface area contributed by atoms with Gasteiger partial charge in [-0.2, -0.15) is 0 Å². The third kappa shape index (κ3) is 4.83. The van der Waals surface area contributed by atoms with Gasteiger partial charge in [-0.15, -0.1) is 6.58 Å². The van der Waals surface area contributed by atoms with Crippen LogP contribution < -0.4 is 0 Å². The standard InChI is InChI=1S/C18H23ClN2O2/c1-4-9-21(18(22)10-13(2)3)12-14-11-17(20-23-14)15-7-5-6-8-16(15)19/h4-8,13-14H,1,9-12H2,2-3H3/t14-/m1/s1. The van der Waals surface area contributed by atoms with Crippen LogP contribution >= 0.6 is 11.6 Å². The number of halogens is 1. The molecule has 5 heteroatoms. The fourth-order valence-electron chi connectivity index (χ4n) is 2.54. The van der Waals surface area contributed by atoms with E-state index in [1.807, 2.05) is 38.1 Å². The topological polar surface area (TPSA) is 41.9 Å². The van der Waals surface area contributed by atoms with Gasteiger partial charge in [-0.3, -0.25) is 4.79 Å². The Bertz CT molecular complexity index is 598. The van der Waals surface area contributed by atoms with Crippen molar-refractivity contribution < 1.29 is 9.63 Å². The molecule has 0 aliphatic carbocycles. The monoisotopic (exact) mass is 334 g/mol. The first-order valence-electron chi connectivity index (χ1n) is 7.87. The predicted octanol–water partition coefficient (Wildman–Crippen LogP) is 3.89. The van der Waals surface area contributed by atoms with Crippen LogP contribution in [-0.2, 0) is 9.63 Å². The van der Waals surface area contributed by atoms with Gasteiger partial charge in [0.2, 0.25) is 5.91 Å². The molecule has 2 rings (SSSR count). The molecule has 1 aromatic carbocycles. The molecule has 0 radical (unpaired) electrons. The number of nitrogens with zero attached hydrogens (tertiary/aromatic N) is 2. The highest BCUT2D eigenvalue weighted by atomic mass is 35.5. The molecular weight excluding hydrogens is 312 g/mol. The zero-order valence-electron chi connectivity index (χ0n) is 13.7. The van der Waals surface area contributed by atoms with Gasteiger partial charge in [-0.25, -0.2) is 0 Å². The van der Waals surface area contributed by atoms with E-state index in [4.69, 9.17) is 16.4 Å². The molecule has 0 bridgehead atoms. The molecule has 124 valence electrons. The molecule has 1 aliphatic rings. The number of oxime groups is 1. The number of hydrogen-bond acceptors (Lipinski definition) is 3. The van der Waals surface area contributed by atoms with Gasteiger partial charge in [-0.1, -0.05) is 54.9 Å². The van der Waals surface area contributed by atoms with E-state index in [1.54, 1.807) is 11.0 Å². The first-order chi connectivity index (χ1) is 11.0. The van der Waals surface area contributed by atoms with Crippen LogP contribution in [0.4, 0.5) is 0 Å². The highest BCUT2D eigenvalue weighted by Gasteiger charge is 2.27. The second-order valence-electron chi connectivity index (χ2n) is 6.13. The molecule has 0 saturated carbocycles. The zero-order valence-corrected chi connectivity index (χ0v) is 14.4. The van der Waals surface area contributed by atoms with E-state index in [0.29, 0.717) is 36.9 Å². The quantitative estimate of drug-likeness (QED) is 0.710. The van der Waals surface area contributed by atoms with Crippen molar-refractivity contribution in [3.05, 3.63) is 47.5 Å². The molecule has 0 aromatic heterocycles. The molecule has 1 aromatic rings. The van der Waals surface area contributed by atoms with E-state index in [-0.39, 0.29) is 12.0 Å². The lowest BCUT2D eigenvalue weighted by atomic mass is 10.0. The molecule has 0 unspecified atom stereocenters. The van der Waals surface area contributed by atoms with Crippen LogP contribution in [0.15, 0.2) is 42.1 Å². The molecule has 1 aliphatic heterocycles. The van der Waals surface area contributed by atoms with E-state index >= 15 is 0 Å². The molecule has 1 atom stereocenters. The average molecular weight is 335 g/mol. The van der Waals surface area contributed by atoms with Crippen molar-refractivity contribution in [1.82, 2.24) is 4.90 Å². The van der Waals surface area contributed by atoms with Crippen molar-refractivity contribution in [2.45, 2.75) is 32.8 Å². The van der Waals surface area contributed by atoms with E-state index in [2.05, 4.69) is 11.7 Å². The summed E-state index contributed by atoms with van der Waals surface area (Å²) in [5.74, 6) is 0.448. The molecule has 1 amide bonds. The Hall–Kier alpha value is -1.81. The fourth-order valence-corrected chi connectivity index (χ4v) is 2.78. The summed E-state index contributed by atoms with van der Waals surface area (Å²) in [5.41, 5.74) is 1.72. The molecule has 1 heterocycles. The summed E-state index contributed by atoms with van der Waals surface area (Å²) in [6, 6.07) is 7.57. The molecule has 4 nitrogen and oxygen atoms in total. The molecule has 0 fully saturated rings. The number of rotatable bonds is 7. The Kier molecular flexibility index (Phi) is 6.22. The first kappa shape index (κ1) is 17.5. The van der Waals surface area contributed by atoms with Crippen molar-refractivity contribution >= 4 is 23.2 Å². The van der Waals surface area contributed by atoms with Gasteiger partial charge in [0.05, 0.1) is 12.3 Å². The van der Waals surface area contributed by atoms with Crippen molar-refractivity contribution in [3.8, 4) is 0 Å². The van der Waals surface area contributed by atoms with Crippen molar-refractivity contribution in [3.63, 3.8) is 0 Å². The minimum absolute atomic E-state index is 0.120. The van der Waals surface area contributed by atoms with E-state index < -0.39 is 0 Å². The lowest BCUT2D eigenvalue weighted by Gasteiger charge is -2.24. The largest absolute Gasteiger partial charge is 0.390 e. The molecule has 0 saturated heterocycles. The molecular formula is C18H23ClN2O2. The summed E-state index contributed by atoms with van der Waals surface area (Å²) >= 11 is 6.20. The van der Waals surface area contributed by atoms with Crippen LogP contribution in [0.25, 0.3) is 0 Å². The number of hydrogen-bond donors (Lipinski definition) is 0. The second kappa shape index (κ2) is 8.16. The van der Waals surface area contributed by atoms with Crippen molar-refractivity contribution in [1.29, 1.82) is 0 Å². The number of carbonyl (C=O) groups excluding carboxylic acids is 1. The van der Waals surface area contributed by atoms with Gasteiger partial charge in [0.1, 0.15) is 0 Å². The van der Waals surface area contributed by atoms with Crippen molar-refractivity contribution in [2.24, 2.45) is 11.1 Å². The highest BCUT2D eigenvalue weighted by molar-refractivity contribution is 6.34. The highest BCUT2D eigenvalue weighted by Crippen LogP contribution is 2.23. The van der Waals surface area contributed by atoms with Gasteiger partial charge < -0.3 is 9.74 Å². The minimum atomic E-state index is -0.141. The molecule has 0 spiro atoms. The third-order valence-corrected chi connectivity index (χ3v) is 3.96. The lowest BCUT2D eigenvalue weighted by molar-refractivity contribution is -0.133. The molecule has 0 N–H and O–H groups in total. The third-order valence-electron chi connectivity index (χ3n) is 3.63. The van der Waals surface area contributed by atoms with Gasteiger partial charge in [-0.05, 0) is 12.0 Å². The Balaban J connectivity index is 1.97. The second-order valence-corrected chi connectivity index (χ2v) is 6.54. The SMILES string of the molecule is C=CCN(C[C@H]1CC(c2ccccc2Cl)=NO1)C(=O)CC(C)C. The smallest absolute Gasteiger partial charge is 0.223 e. The Labute approximate surface area is 142 Å². The van der Waals surface area contributed by atoms with E-state index in [1.165, 1.54) is 0 Å². The summed E-state index contributed by atoms with van der Waals surface area (Å²) in [7, 11) is 0. The Morgan fingerprint density at radius 2 is 2.26 bits per heavy atom.